The van der Waals surface area contributed by atoms with Gasteiger partial charge in [-0.2, -0.15) is 0 Å². The molecule has 0 aliphatic heterocycles. The Morgan fingerprint density at radius 2 is 2.12 bits per heavy atom. The van der Waals surface area contributed by atoms with Crippen LogP contribution in [0.2, 0.25) is 0 Å². The van der Waals surface area contributed by atoms with Crippen molar-refractivity contribution in [1.82, 2.24) is 4.98 Å². The number of nitro groups is 1. The van der Waals surface area contributed by atoms with Gasteiger partial charge in [0, 0.05) is 23.7 Å². The number of carbonyl (C=O) groups is 1. The van der Waals surface area contributed by atoms with E-state index in [0.29, 0.717) is 11.0 Å². The molecule has 7 heteroatoms. The molecule has 0 saturated heterocycles. The topological polar surface area (TPSA) is 85.1 Å². The number of thiazole rings is 1. The lowest BCUT2D eigenvalue weighted by Gasteiger charge is -2.25. The number of rotatable bonds is 5. The lowest BCUT2D eigenvalue weighted by Crippen LogP contribution is -2.32. The minimum atomic E-state index is -0.667. The van der Waals surface area contributed by atoms with Crippen molar-refractivity contribution in [3.05, 3.63) is 51.5 Å². The van der Waals surface area contributed by atoms with Gasteiger partial charge in [-0.3, -0.25) is 14.9 Å². The minimum Gasteiger partial charge on any atom is -0.301 e. The molecule has 2 fully saturated rings. The highest BCUT2D eigenvalue weighted by atomic mass is 32.1. The van der Waals surface area contributed by atoms with Gasteiger partial charge in [-0.15, -0.1) is 11.3 Å². The molecule has 2 aliphatic carbocycles. The predicted octanol–water partition coefficient (Wildman–Crippen LogP) is 4.53. The molecular formula is C19H21N3O3S. The fraction of sp³-hybridized carbons (Fsp3) is 0.474. The molecular weight excluding hydrogens is 350 g/mol. The Bertz CT molecular complexity index is 817. The molecule has 136 valence electrons. The van der Waals surface area contributed by atoms with Crippen molar-refractivity contribution in [3.63, 3.8) is 0 Å². The molecule has 0 unspecified atom stereocenters. The van der Waals surface area contributed by atoms with Crippen molar-refractivity contribution < 1.29 is 9.72 Å². The molecule has 1 aromatic heterocycles. The summed E-state index contributed by atoms with van der Waals surface area (Å²) in [4.78, 5) is 28.2. The molecule has 1 aromatic carbocycles. The van der Waals surface area contributed by atoms with Crippen LogP contribution in [0.4, 0.5) is 10.8 Å². The van der Waals surface area contributed by atoms with E-state index in [1.54, 1.807) is 18.3 Å². The van der Waals surface area contributed by atoms with E-state index in [4.69, 9.17) is 0 Å². The maximum atomic E-state index is 13.2. The lowest BCUT2D eigenvalue weighted by molar-refractivity contribution is -0.384. The fourth-order valence-corrected chi connectivity index (χ4v) is 5.03. The van der Waals surface area contributed by atoms with Crippen LogP contribution < -0.4 is 5.32 Å². The summed E-state index contributed by atoms with van der Waals surface area (Å²) < 4.78 is 0. The van der Waals surface area contributed by atoms with E-state index in [0.717, 1.165) is 24.8 Å². The van der Waals surface area contributed by atoms with Gasteiger partial charge in [0.2, 0.25) is 5.91 Å². The van der Waals surface area contributed by atoms with Gasteiger partial charge in [0.15, 0.2) is 5.13 Å². The highest BCUT2D eigenvalue weighted by molar-refractivity contribution is 7.13. The maximum absolute atomic E-state index is 13.2. The first-order valence-electron chi connectivity index (χ1n) is 9.07. The maximum Gasteiger partial charge on any atom is 0.269 e. The Labute approximate surface area is 155 Å². The van der Waals surface area contributed by atoms with E-state index in [2.05, 4.69) is 10.3 Å². The second kappa shape index (κ2) is 6.79. The second-order valence-corrected chi connectivity index (χ2v) is 8.17. The van der Waals surface area contributed by atoms with Crippen LogP contribution in [0.3, 0.4) is 0 Å². The molecule has 1 heterocycles. The number of nitro benzene ring substituents is 1. The van der Waals surface area contributed by atoms with Crippen LogP contribution in [0.5, 0.6) is 0 Å². The van der Waals surface area contributed by atoms with E-state index in [9.17, 15) is 14.9 Å². The highest BCUT2D eigenvalue weighted by Gasteiger charge is 2.63. The zero-order valence-electron chi connectivity index (χ0n) is 14.4. The van der Waals surface area contributed by atoms with Crippen LogP contribution in [0, 0.1) is 22.0 Å². The SMILES string of the molecule is O=C(Nc1nccs1)[C@]1(c2cccc([N+](=O)[O-])c2)C[C@H]1C1CCCCC1. The molecule has 6 nitrogen and oxygen atoms in total. The highest BCUT2D eigenvalue weighted by Crippen LogP contribution is 2.61. The summed E-state index contributed by atoms with van der Waals surface area (Å²) in [5.74, 6) is 0.693. The van der Waals surface area contributed by atoms with Crippen LogP contribution in [0.1, 0.15) is 44.1 Å². The molecule has 2 saturated carbocycles. The zero-order valence-corrected chi connectivity index (χ0v) is 15.2. The summed E-state index contributed by atoms with van der Waals surface area (Å²) in [6.07, 6.45) is 8.39. The van der Waals surface area contributed by atoms with E-state index >= 15 is 0 Å². The number of amides is 1. The molecule has 26 heavy (non-hydrogen) atoms. The normalized spacial score (nSPS) is 25.6. The zero-order chi connectivity index (χ0) is 18.1. The van der Waals surface area contributed by atoms with Crippen molar-refractivity contribution in [3.8, 4) is 0 Å². The Balaban J connectivity index is 1.67. The summed E-state index contributed by atoms with van der Waals surface area (Å²) in [6.45, 7) is 0. The third kappa shape index (κ3) is 3.00. The average molecular weight is 371 g/mol. The fourth-order valence-electron chi connectivity index (χ4n) is 4.51. The Kier molecular flexibility index (Phi) is 4.48. The van der Waals surface area contributed by atoms with E-state index < -0.39 is 10.3 Å². The lowest BCUT2D eigenvalue weighted by atomic mass is 9.80. The molecule has 4 rings (SSSR count). The molecule has 0 bridgehead atoms. The minimum absolute atomic E-state index is 0.0400. The van der Waals surface area contributed by atoms with Crippen LogP contribution in [-0.4, -0.2) is 15.8 Å². The molecule has 2 aliphatic rings. The molecule has 0 spiro atoms. The van der Waals surface area contributed by atoms with Crippen LogP contribution in [0.25, 0.3) is 0 Å². The smallest absolute Gasteiger partial charge is 0.269 e. The standard InChI is InChI=1S/C19H21N3O3S/c23-17(21-18-20-9-10-26-18)19(12-16(19)13-5-2-1-3-6-13)14-7-4-8-15(11-14)22(24)25/h4,7-11,13,16H,1-3,5-6,12H2,(H,20,21,23)/t16-,19-/m0/s1. The number of nitrogens with zero attached hydrogens (tertiary/aromatic N) is 2. The quantitative estimate of drug-likeness (QED) is 0.618. The van der Waals surface area contributed by atoms with Gasteiger partial charge in [0.1, 0.15) is 0 Å². The number of aromatic nitrogens is 1. The monoisotopic (exact) mass is 371 g/mol. The molecule has 1 N–H and O–H groups in total. The van der Waals surface area contributed by atoms with Gasteiger partial charge < -0.3 is 5.32 Å². The van der Waals surface area contributed by atoms with E-state index in [1.165, 1.54) is 36.7 Å². The Hall–Kier alpha value is -2.28. The third-order valence-electron chi connectivity index (χ3n) is 5.86. The summed E-state index contributed by atoms with van der Waals surface area (Å²) >= 11 is 1.38. The number of non-ortho nitro benzene ring substituents is 1. The number of hydrogen-bond acceptors (Lipinski definition) is 5. The summed E-state index contributed by atoms with van der Waals surface area (Å²) in [5.41, 5.74) is 0.134. The first kappa shape index (κ1) is 17.1. The van der Waals surface area contributed by atoms with Gasteiger partial charge in [-0.1, -0.05) is 44.2 Å². The average Bonchev–Trinajstić information content (AvgIpc) is 3.24. The van der Waals surface area contributed by atoms with E-state index in [1.807, 2.05) is 11.4 Å². The number of nitrogens with one attached hydrogen (secondary N) is 1. The third-order valence-corrected chi connectivity index (χ3v) is 6.55. The van der Waals surface area contributed by atoms with Gasteiger partial charge in [0.25, 0.3) is 5.69 Å². The number of carbonyl (C=O) groups excluding carboxylic acids is 1. The van der Waals surface area contributed by atoms with Crippen molar-refractivity contribution in [2.45, 2.75) is 43.9 Å². The first-order valence-corrected chi connectivity index (χ1v) is 9.95. The largest absolute Gasteiger partial charge is 0.301 e. The number of hydrogen-bond donors (Lipinski definition) is 1. The van der Waals surface area contributed by atoms with Crippen molar-refractivity contribution in [2.24, 2.45) is 11.8 Å². The number of benzene rings is 1. The Morgan fingerprint density at radius 1 is 1.31 bits per heavy atom. The number of anilines is 1. The van der Waals surface area contributed by atoms with Crippen molar-refractivity contribution >= 4 is 28.1 Å². The first-order chi connectivity index (χ1) is 12.6. The van der Waals surface area contributed by atoms with Crippen LogP contribution in [-0.2, 0) is 10.2 Å². The molecule has 2 atom stereocenters. The second-order valence-electron chi connectivity index (χ2n) is 7.28. The summed E-state index contributed by atoms with van der Waals surface area (Å²) in [6, 6.07) is 6.59. The van der Waals surface area contributed by atoms with Crippen LogP contribution >= 0.6 is 11.3 Å². The predicted molar refractivity (Wildman–Crippen MR) is 100 cm³/mol. The van der Waals surface area contributed by atoms with Crippen LogP contribution in [0.15, 0.2) is 35.8 Å². The molecule has 2 aromatic rings. The Morgan fingerprint density at radius 3 is 2.81 bits per heavy atom. The summed E-state index contributed by atoms with van der Waals surface area (Å²) in [5, 5.41) is 16.5. The van der Waals surface area contributed by atoms with Crippen molar-refractivity contribution in [1.29, 1.82) is 0 Å². The van der Waals surface area contributed by atoms with Gasteiger partial charge in [-0.05, 0) is 23.8 Å². The molecule has 0 radical (unpaired) electrons. The van der Waals surface area contributed by atoms with Gasteiger partial charge in [0.05, 0.1) is 10.3 Å². The molecule has 1 amide bonds. The van der Waals surface area contributed by atoms with Crippen molar-refractivity contribution in [2.75, 3.05) is 5.32 Å². The van der Waals surface area contributed by atoms with E-state index in [-0.39, 0.29) is 17.5 Å². The van der Waals surface area contributed by atoms with Gasteiger partial charge in [-0.25, -0.2) is 4.98 Å². The summed E-state index contributed by atoms with van der Waals surface area (Å²) in [7, 11) is 0. The van der Waals surface area contributed by atoms with Gasteiger partial charge >= 0.3 is 0 Å².